The first-order chi connectivity index (χ1) is 9.15. The zero-order valence-electron chi connectivity index (χ0n) is 10.4. The van der Waals surface area contributed by atoms with Crippen molar-refractivity contribution in [2.45, 2.75) is 13.5 Å². The minimum atomic E-state index is -0.282. The molecule has 0 fully saturated rings. The van der Waals surface area contributed by atoms with Crippen LogP contribution < -0.4 is 16.2 Å². The average molecular weight is 278 g/mol. The van der Waals surface area contributed by atoms with Gasteiger partial charge in [-0.1, -0.05) is 0 Å². The highest BCUT2D eigenvalue weighted by molar-refractivity contribution is 7.14. The third kappa shape index (κ3) is 3.92. The fourth-order valence-electron chi connectivity index (χ4n) is 1.48. The number of hydrogen-bond acceptors (Lipinski definition) is 4. The first-order valence-electron chi connectivity index (χ1n) is 5.76. The largest absolute Gasteiger partial charge is 0.336 e. The Morgan fingerprint density at radius 1 is 1.53 bits per heavy atom. The van der Waals surface area contributed by atoms with E-state index in [0.29, 0.717) is 18.8 Å². The van der Waals surface area contributed by atoms with Crippen LogP contribution in [0.15, 0.2) is 34.7 Å². The monoisotopic (exact) mass is 278 g/mol. The minimum Gasteiger partial charge on any atom is -0.336 e. The molecule has 0 aromatic carbocycles. The van der Waals surface area contributed by atoms with Gasteiger partial charge in [0, 0.05) is 24.8 Å². The van der Waals surface area contributed by atoms with Crippen LogP contribution in [-0.4, -0.2) is 22.1 Å². The van der Waals surface area contributed by atoms with Gasteiger partial charge in [-0.3, -0.25) is 14.7 Å². The first kappa shape index (κ1) is 13.3. The van der Waals surface area contributed by atoms with Gasteiger partial charge in [-0.2, -0.15) is 0 Å². The standard InChI is InChI=1S/C12H14N4O2S/c1-9-7-11(17)16(8-14-9)5-4-13-12(18)15-10-3-2-6-19-10/h2-3,6-8H,4-5H2,1H3,(H2,13,15,18). The summed E-state index contributed by atoms with van der Waals surface area (Å²) in [6.45, 7) is 2.52. The second-order valence-corrected chi connectivity index (χ2v) is 4.87. The van der Waals surface area contributed by atoms with Crippen LogP contribution in [0.5, 0.6) is 0 Å². The topological polar surface area (TPSA) is 76.0 Å². The maximum Gasteiger partial charge on any atom is 0.319 e. The molecule has 0 saturated carbocycles. The van der Waals surface area contributed by atoms with Crippen LogP contribution in [-0.2, 0) is 6.54 Å². The second kappa shape index (κ2) is 6.14. The number of thiophene rings is 1. The molecule has 0 radical (unpaired) electrons. The average Bonchev–Trinajstić information content (AvgIpc) is 2.84. The van der Waals surface area contributed by atoms with Crippen LogP contribution >= 0.6 is 11.3 Å². The number of nitrogens with zero attached hydrogens (tertiary/aromatic N) is 2. The summed E-state index contributed by atoms with van der Waals surface area (Å²) in [6.07, 6.45) is 1.48. The van der Waals surface area contributed by atoms with Crippen molar-refractivity contribution < 1.29 is 4.79 Å². The lowest BCUT2D eigenvalue weighted by atomic mass is 10.4. The van der Waals surface area contributed by atoms with Crippen molar-refractivity contribution in [3.63, 3.8) is 0 Å². The Labute approximate surface area is 114 Å². The van der Waals surface area contributed by atoms with Gasteiger partial charge in [-0.25, -0.2) is 9.78 Å². The van der Waals surface area contributed by atoms with Crippen LogP contribution in [0.3, 0.4) is 0 Å². The summed E-state index contributed by atoms with van der Waals surface area (Å²) in [5, 5.41) is 8.04. The number of amides is 2. The zero-order valence-corrected chi connectivity index (χ0v) is 11.2. The molecule has 0 unspecified atom stereocenters. The van der Waals surface area contributed by atoms with E-state index in [2.05, 4.69) is 15.6 Å². The van der Waals surface area contributed by atoms with Crippen molar-refractivity contribution in [3.8, 4) is 0 Å². The molecule has 2 heterocycles. The van der Waals surface area contributed by atoms with Crippen molar-refractivity contribution in [1.29, 1.82) is 0 Å². The van der Waals surface area contributed by atoms with E-state index in [9.17, 15) is 9.59 Å². The summed E-state index contributed by atoms with van der Waals surface area (Å²) < 4.78 is 1.46. The molecule has 0 spiro atoms. The van der Waals surface area contributed by atoms with Crippen molar-refractivity contribution in [1.82, 2.24) is 14.9 Å². The number of aromatic nitrogens is 2. The second-order valence-electron chi connectivity index (χ2n) is 3.92. The molecule has 2 amide bonds. The number of carbonyl (C=O) groups is 1. The lowest BCUT2D eigenvalue weighted by Crippen LogP contribution is -2.33. The summed E-state index contributed by atoms with van der Waals surface area (Å²) in [5.74, 6) is 0. The molecule has 2 N–H and O–H groups in total. The van der Waals surface area contributed by atoms with Crippen LogP contribution in [0, 0.1) is 6.92 Å². The van der Waals surface area contributed by atoms with Gasteiger partial charge in [0.15, 0.2) is 0 Å². The number of anilines is 1. The van der Waals surface area contributed by atoms with Crippen molar-refractivity contribution >= 4 is 22.4 Å². The lowest BCUT2D eigenvalue weighted by Gasteiger charge is -2.07. The molecule has 19 heavy (non-hydrogen) atoms. The molecule has 2 rings (SSSR count). The number of urea groups is 1. The maximum absolute atomic E-state index is 11.6. The fraction of sp³-hybridized carbons (Fsp3) is 0.250. The molecule has 0 aliphatic carbocycles. The van der Waals surface area contributed by atoms with E-state index >= 15 is 0 Å². The van der Waals surface area contributed by atoms with Gasteiger partial charge < -0.3 is 5.32 Å². The number of nitrogens with one attached hydrogen (secondary N) is 2. The van der Waals surface area contributed by atoms with Gasteiger partial charge in [-0.05, 0) is 24.4 Å². The van der Waals surface area contributed by atoms with Crippen molar-refractivity contribution in [2.24, 2.45) is 0 Å². The maximum atomic E-state index is 11.6. The molecule has 0 saturated heterocycles. The normalized spacial score (nSPS) is 10.2. The smallest absolute Gasteiger partial charge is 0.319 e. The first-order valence-corrected chi connectivity index (χ1v) is 6.64. The molecule has 0 atom stereocenters. The molecule has 6 nitrogen and oxygen atoms in total. The van der Waals surface area contributed by atoms with E-state index < -0.39 is 0 Å². The van der Waals surface area contributed by atoms with Gasteiger partial charge in [0.25, 0.3) is 5.56 Å². The minimum absolute atomic E-state index is 0.118. The Morgan fingerprint density at radius 2 is 2.37 bits per heavy atom. The number of carbonyl (C=O) groups excluding carboxylic acids is 1. The van der Waals surface area contributed by atoms with E-state index in [1.165, 1.54) is 28.3 Å². The number of aryl methyl sites for hydroxylation is 1. The summed E-state index contributed by atoms with van der Waals surface area (Å²) in [7, 11) is 0. The third-order valence-corrected chi connectivity index (χ3v) is 3.20. The van der Waals surface area contributed by atoms with E-state index in [0.717, 1.165) is 5.00 Å². The van der Waals surface area contributed by atoms with E-state index in [1.54, 1.807) is 6.92 Å². The molecule has 7 heteroatoms. The molecular weight excluding hydrogens is 264 g/mol. The van der Waals surface area contributed by atoms with Gasteiger partial charge in [-0.15, -0.1) is 11.3 Å². The highest BCUT2D eigenvalue weighted by atomic mass is 32.1. The Hall–Kier alpha value is -2.15. The van der Waals surface area contributed by atoms with Crippen LogP contribution in [0.4, 0.5) is 9.80 Å². The van der Waals surface area contributed by atoms with E-state index in [4.69, 9.17) is 0 Å². The number of rotatable bonds is 4. The van der Waals surface area contributed by atoms with Crippen LogP contribution in [0.25, 0.3) is 0 Å². The SMILES string of the molecule is Cc1cc(=O)n(CCNC(=O)Nc2cccs2)cn1. The van der Waals surface area contributed by atoms with Crippen LogP contribution in [0.2, 0.25) is 0 Å². The summed E-state index contributed by atoms with van der Waals surface area (Å²) >= 11 is 1.45. The Morgan fingerprint density at radius 3 is 3.05 bits per heavy atom. The van der Waals surface area contributed by atoms with Gasteiger partial charge in [0.2, 0.25) is 0 Å². The quantitative estimate of drug-likeness (QED) is 0.888. The summed E-state index contributed by atoms with van der Waals surface area (Å²) in [4.78, 5) is 27.1. The zero-order chi connectivity index (χ0) is 13.7. The predicted molar refractivity (Wildman–Crippen MR) is 74.6 cm³/mol. The Bertz CT molecular complexity index is 606. The summed E-state index contributed by atoms with van der Waals surface area (Å²) in [6, 6.07) is 4.86. The molecule has 0 aliphatic rings. The molecule has 100 valence electrons. The molecule has 2 aromatic heterocycles. The van der Waals surface area contributed by atoms with E-state index in [1.807, 2.05) is 17.5 Å². The third-order valence-electron chi connectivity index (χ3n) is 2.41. The van der Waals surface area contributed by atoms with Gasteiger partial charge >= 0.3 is 6.03 Å². The predicted octanol–water partition coefficient (Wildman–Crippen LogP) is 1.43. The molecule has 0 bridgehead atoms. The lowest BCUT2D eigenvalue weighted by molar-refractivity contribution is 0.251. The Kier molecular flexibility index (Phi) is 4.30. The molecule has 0 aliphatic heterocycles. The highest BCUT2D eigenvalue weighted by Crippen LogP contribution is 2.14. The molecule has 2 aromatic rings. The Balaban J connectivity index is 1.80. The molecular formula is C12H14N4O2S. The highest BCUT2D eigenvalue weighted by Gasteiger charge is 2.02. The number of hydrogen-bond donors (Lipinski definition) is 2. The summed E-state index contributed by atoms with van der Waals surface area (Å²) in [5.41, 5.74) is 0.567. The fourth-order valence-corrected chi connectivity index (χ4v) is 2.09. The van der Waals surface area contributed by atoms with Crippen LogP contribution in [0.1, 0.15) is 5.69 Å². The van der Waals surface area contributed by atoms with Crippen molar-refractivity contribution in [2.75, 3.05) is 11.9 Å². The van der Waals surface area contributed by atoms with Gasteiger partial charge in [0.05, 0.1) is 11.3 Å². The van der Waals surface area contributed by atoms with Gasteiger partial charge in [0.1, 0.15) is 0 Å². The van der Waals surface area contributed by atoms with Crippen molar-refractivity contribution in [3.05, 3.63) is 46.0 Å². The van der Waals surface area contributed by atoms with E-state index in [-0.39, 0.29) is 11.6 Å².